The highest BCUT2D eigenvalue weighted by Gasteiger charge is 2.44. The fraction of sp³-hybridized carbons (Fsp3) is 0.962. The highest BCUT2D eigenvalue weighted by molar-refractivity contribution is 8.77. The minimum atomic E-state index is -5.63. The number of nitrogens with one attached hydrogen (secondary N) is 1. The Morgan fingerprint density at radius 2 is 1.46 bits per heavy atom. The Labute approximate surface area is 300 Å². The summed E-state index contributed by atoms with van der Waals surface area (Å²) in [6.45, 7) is 7.61. The van der Waals surface area contributed by atoms with Gasteiger partial charge in [-0.15, -0.1) is 0 Å². The monoisotopic (exact) mass is 822 g/mol. The minimum absolute atomic E-state index is 0.147. The molecule has 0 aromatic rings. The number of rotatable bonds is 29. The largest absolute Gasteiger partial charge is 0.490 e. The van der Waals surface area contributed by atoms with Gasteiger partial charge < -0.3 is 59.0 Å². The molecule has 1 saturated heterocycles. The number of hydrogen-bond acceptors (Lipinski definition) is 16. The lowest BCUT2D eigenvalue weighted by Gasteiger charge is -2.24. The van der Waals surface area contributed by atoms with Gasteiger partial charge in [0.25, 0.3) is 0 Å². The van der Waals surface area contributed by atoms with Crippen molar-refractivity contribution in [1.29, 1.82) is 0 Å². The first kappa shape index (κ1) is 46.5. The van der Waals surface area contributed by atoms with Gasteiger partial charge in [-0.05, 0) is 32.6 Å². The zero-order chi connectivity index (χ0) is 37.1. The van der Waals surface area contributed by atoms with Gasteiger partial charge in [0.15, 0.2) is 0 Å². The van der Waals surface area contributed by atoms with E-state index in [1.807, 2.05) is 13.8 Å². The minimum Gasteiger partial charge on any atom is -0.379 e. The molecule has 2 rings (SSSR count). The average molecular weight is 823 g/mol. The quantitative estimate of drug-likeness (QED) is 0.0274. The van der Waals surface area contributed by atoms with Crippen LogP contribution in [0.1, 0.15) is 52.4 Å². The fourth-order valence-electron chi connectivity index (χ4n) is 4.91. The Morgan fingerprint density at radius 1 is 0.880 bits per heavy atom. The maximum absolute atomic E-state index is 12.3. The van der Waals surface area contributed by atoms with Gasteiger partial charge in [0.05, 0.1) is 71.7 Å². The molecule has 0 aromatic carbocycles. The van der Waals surface area contributed by atoms with Gasteiger partial charge in [-0.25, -0.2) is 13.7 Å². The van der Waals surface area contributed by atoms with Crippen LogP contribution in [0.15, 0.2) is 0 Å². The Bertz CT molecular complexity index is 1120. The molecule has 0 bridgehead atoms. The van der Waals surface area contributed by atoms with E-state index in [1.165, 1.54) is 21.6 Å². The van der Waals surface area contributed by atoms with E-state index in [1.54, 1.807) is 0 Å². The predicted molar refractivity (Wildman–Crippen MR) is 184 cm³/mol. The van der Waals surface area contributed by atoms with E-state index < -0.39 is 42.3 Å². The second-order valence-corrected chi connectivity index (χ2v) is 19.3. The number of amides is 1. The van der Waals surface area contributed by atoms with Crippen LogP contribution in [0.2, 0.25) is 0 Å². The van der Waals surface area contributed by atoms with Gasteiger partial charge >= 0.3 is 23.5 Å². The first-order valence-corrected chi connectivity index (χ1v) is 23.0. The SMILES string of the molecule is CC(C)(CNC(=O)CCOCCOCCOCCOCCN)SSCO[C@@H]1C[C@H](C2CCCC2)OC1COP(=O)(O)OP(=O)(O)OP(=O)(O)O. The van der Waals surface area contributed by atoms with E-state index in [9.17, 15) is 28.3 Å². The van der Waals surface area contributed by atoms with Crippen LogP contribution < -0.4 is 11.1 Å². The highest BCUT2D eigenvalue weighted by Crippen LogP contribution is 2.66. The summed E-state index contributed by atoms with van der Waals surface area (Å²) in [5, 5.41) is 2.90. The zero-order valence-electron chi connectivity index (χ0n) is 28.4. The van der Waals surface area contributed by atoms with Crippen molar-refractivity contribution in [2.24, 2.45) is 11.7 Å². The zero-order valence-corrected chi connectivity index (χ0v) is 32.7. The van der Waals surface area contributed by atoms with Crippen molar-refractivity contribution < 1.29 is 79.6 Å². The van der Waals surface area contributed by atoms with Crippen LogP contribution >= 0.6 is 45.1 Å². The average Bonchev–Trinajstić information content (AvgIpc) is 3.68. The van der Waals surface area contributed by atoms with Crippen LogP contribution in [-0.2, 0) is 60.1 Å². The molecule has 2 fully saturated rings. The summed E-state index contributed by atoms with van der Waals surface area (Å²) < 4.78 is 80.4. The second kappa shape index (κ2) is 23.9. The molecule has 3 unspecified atom stereocenters. The van der Waals surface area contributed by atoms with Crippen molar-refractivity contribution in [1.82, 2.24) is 5.32 Å². The van der Waals surface area contributed by atoms with E-state index in [0.29, 0.717) is 65.8 Å². The van der Waals surface area contributed by atoms with Crippen molar-refractivity contribution in [3.8, 4) is 0 Å². The smallest absolute Gasteiger partial charge is 0.379 e. The summed E-state index contributed by atoms with van der Waals surface area (Å²) in [4.78, 5) is 49.0. The lowest BCUT2D eigenvalue weighted by molar-refractivity contribution is -0.122. The molecule has 1 aliphatic carbocycles. The molecular weight excluding hydrogens is 769 g/mol. The van der Waals surface area contributed by atoms with E-state index in [2.05, 4.69) is 13.9 Å². The molecule has 0 spiro atoms. The molecule has 296 valence electrons. The molecule has 7 N–H and O–H groups in total. The molecule has 24 heteroatoms. The maximum atomic E-state index is 12.3. The molecule has 1 saturated carbocycles. The fourth-order valence-corrected chi connectivity index (χ4v) is 10.1. The van der Waals surface area contributed by atoms with Crippen LogP contribution in [0.5, 0.6) is 0 Å². The number of hydrogen-bond donors (Lipinski definition) is 6. The third-order valence-electron chi connectivity index (χ3n) is 7.15. The van der Waals surface area contributed by atoms with Crippen LogP contribution in [-0.4, -0.2) is 127 Å². The molecule has 1 aliphatic heterocycles. The Morgan fingerprint density at radius 3 is 2.04 bits per heavy atom. The van der Waals surface area contributed by atoms with Crippen molar-refractivity contribution in [2.45, 2.75) is 75.4 Å². The molecule has 5 atom stereocenters. The maximum Gasteiger partial charge on any atom is 0.490 e. The predicted octanol–water partition coefficient (Wildman–Crippen LogP) is 2.71. The summed E-state index contributed by atoms with van der Waals surface area (Å²) in [7, 11) is -13.5. The summed E-state index contributed by atoms with van der Waals surface area (Å²) in [6.07, 6.45) is 3.19. The number of phosphoric acid groups is 3. The Hall–Kier alpha value is 0.300. The molecule has 50 heavy (non-hydrogen) atoms. The Balaban J connectivity index is 1.65. The van der Waals surface area contributed by atoms with Crippen molar-refractivity contribution in [3.05, 3.63) is 0 Å². The second-order valence-electron chi connectivity index (χ2n) is 11.9. The summed E-state index contributed by atoms with van der Waals surface area (Å²) in [6, 6.07) is 0. The first-order chi connectivity index (χ1) is 23.5. The number of nitrogens with two attached hydrogens (primary N) is 1. The summed E-state index contributed by atoms with van der Waals surface area (Å²) in [5.41, 5.74) is 5.33. The molecular formula is C26H53N2O17P3S2. The van der Waals surface area contributed by atoms with Crippen LogP contribution in [0, 0.1) is 5.92 Å². The van der Waals surface area contributed by atoms with E-state index in [0.717, 1.165) is 25.7 Å². The normalized spacial score (nSPS) is 22.8. The van der Waals surface area contributed by atoms with Gasteiger partial charge in [0.1, 0.15) is 12.0 Å². The molecule has 2 aliphatic rings. The van der Waals surface area contributed by atoms with Gasteiger partial charge in [0.2, 0.25) is 5.91 Å². The lowest BCUT2D eigenvalue weighted by Crippen LogP contribution is -2.36. The van der Waals surface area contributed by atoms with Gasteiger partial charge in [-0.1, -0.05) is 34.4 Å². The van der Waals surface area contributed by atoms with Gasteiger partial charge in [-0.3, -0.25) is 9.32 Å². The van der Waals surface area contributed by atoms with Gasteiger partial charge in [-0.2, -0.15) is 8.62 Å². The van der Waals surface area contributed by atoms with Crippen LogP contribution in [0.4, 0.5) is 0 Å². The number of phosphoric ester groups is 1. The number of ether oxygens (including phenoxy) is 6. The number of carbonyl (C=O) groups excluding carboxylic acids is 1. The molecule has 1 heterocycles. The molecule has 0 aromatic heterocycles. The van der Waals surface area contributed by atoms with Crippen molar-refractivity contribution >= 4 is 51.0 Å². The molecule has 19 nitrogen and oxygen atoms in total. The van der Waals surface area contributed by atoms with E-state index >= 15 is 0 Å². The third-order valence-corrected chi connectivity index (χ3v) is 13.9. The first-order valence-electron chi connectivity index (χ1n) is 16.1. The summed E-state index contributed by atoms with van der Waals surface area (Å²) >= 11 is 0. The highest BCUT2D eigenvalue weighted by atomic mass is 33.1. The van der Waals surface area contributed by atoms with Crippen LogP contribution in [0.3, 0.4) is 0 Å². The van der Waals surface area contributed by atoms with Crippen molar-refractivity contribution in [3.63, 3.8) is 0 Å². The standard InChI is InChI=1S/C26H53N2O17P3S2/c1-26(2,19-28-25(29)7-9-37-11-13-39-15-16-40-14-12-38-10-8-27)50-49-20-41-23-17-22(21-5-3-4-6-21)43-24(23)18-42-47(33,34)45-48(35,36)44-46(30,31)32/h21-24H,3-20,27H2,1-2H3,(H,28,29)(H,33,34)(H,35,36)(H2,30,31,32)/t22-,23-,24?/m1/s1. The van der Waals surface area contributed by atoms with E-state index in [4.69, 9.17) is 48.5 Å². The van der Waals surface area contributed by atoms with Crippen LogP contribution in [0.25, 0.3) is 0 Å². The van der Waals surface area contributed by atoms with Gasteiger partial charge in [0, 0.05) is 30.7 Å². The third kappa shape index (κ3) is 21.9. The molecule has 0 radical (unpaired) electrons. The topological polar surface area (TPSA) is 270 Å². The van der Waals surface area contributed by atoms with E-state index in [-0.39, 0.29) is 41.6 Å². The lowest BCUT2D eigenvalue weighted by atomic mass is 9.97. The molecule has 1 amide bonds. The van der Waals surface area contributed by atoms with Crippen molar-refractivity contribution in [2.75, 3.05) is 78.5 Å². The summed E-state index contributed by atoms with van der Waals surface area (Å²) in [5.74, 6) is 0.347. The number of carbonyl (C=O) groups is 1. The Kier molecular flexibility index (Phi) is 22.3.